The van der Waals surface area contributed by atoms with Gasteiger partial charge in [0.1, 0.15) is 5.60 Å². The van der Waals surface area contributed by atoms with Crippen LogP contribution >= 0.6 is 0 Å². The summed E-state index contributed by atoms with van der Waals surface area (Å²) < 4.78 is 11.2. The van der Waals surface area contributed by atoms with Crippen LogP contribution in [-0.2, 0) is 16.0 Å². The summed E-state index contributed by atoms with van der Waals surface area (Å²) in [5.74, 6) is 0.349. The first-order chi connectivity index (χ1) is 12.7. The van der Waals surface area contributed by atoms with Crippen LogP contribution in [0, 0.1) is 5.92 Å². The van der Waals surface area contributed by atoms with Gasteiger partial charge in [0.15, 0.2) is 0 Å². The van der Waals surface area contributed by atoms with Crippen molar-refractivity contribution in [2.75, 3.05) is 26.4 Å². The van der Waals surface area contributed by atoms with Crippen molar-refractivity contribution in [1.29, 1.82) is 0 Å². The molecule has 6 nitrogen and oxygen atoms in total. The molecule has 6 heteroatoms. The van der Waals surface area contributed by atoms with Gasteiger partial charge in [-0.3, -0.25) is 4.90 Å². The fourth-order valence-corrected chi connectivity index (χ4v) is 3.41. The van der Waals surface area contributed by atoms with E-state index in [0.717, 1.165) is 0 Å². The molecule has 1 aromatic rings. The molecule has 1 aromatic carbocycles. The number of hydrogen-bond donors (Lipinski definition) is 2. The van der Waals surface area contributed by atoms with Crippen molar-refractivity contribution >= 4 is 6.09 Å². The number of rotatable bonds is 6. The van der Waals surface area contributed by atoms with Gasteiger partial charge in [-0.15, -0.1) is 0 Å². The Bertz CT molecular complexity index is 600. The van der Waals surface area contributed by atoms with Gasteiger partial charge in [-0.2, -0.15) is 0 Å². The second-order valence-electron chi connectivity index (χ2n) is 8.68. The highest BCUT2D eigenvalue weighted by molar-refractivity contribution is 5.67. The molecule has 0 saturated carbocycles. The number of benzene rings is 1. The molecule has 1 unspecified atom stereocenters. The van der Waals surface area contributed by atoms with Crippen molar-refractivity contribution in [2.45, 2.75) is 58.3 Å². The minimum Gasteiger partial charge on any atom is -0.444 e. The predicted octanol–water partition coefficient (Wildman–Crippen LogP) is 2.80. The number of alkyl carbamates (subject to hydrolysis) is 1. The molecule has 2 N–H and O–H groups in total. The first-order valence-corrected chi connectivity index (χ1v) is 9.63. The lowest BCUT2D eigenvalue weighted by Gasteiger charge is -2.51. The van der Waals surface area contributed by atoms with E-state index in [2.05, 4.69) is 36.2 Å². The van der Waals surface area contributed by atoms with E-state index in [-0.39, 0.29) is 19.2 Å². The molecular weight excluding hydrogens is 344 g/mol. The molecule has 2 rings (SSSR count). The third kappa shape index (κ3) is 5.92. The van der Waals surface area contributed by atoms with E-state index >= 15 is 0 Å². The van der Waals surface area contributed by atoms with Crippen molar-refractivity contribution in [3.05, 3.63) is 35.9 Å². The predicted molar refractivity (Wildman–Crippen MR) is 105 cm³/mol. The molecule has 1 amide bonds. The number of carbonyl (C=O) groups is 1. The van der Waals surface area contributed by atoms with Gasteiger partial charge in [-0.05, 0) is 32.3 Å². The van der Waals surface area contributed by atoms with Gasteiger partial charge in [-0.25, -0.2) is 4.79 Å². The maximum atomic E-state index is 12.2. The van der Waals surface area contributed by atoms with Gasteiger partial charge in [-0.1, -0.05) is 44.2 Å². The fraction of sp³-hybridized carbons (Fsp3) is 0.667. The average molecular weight is 379 g/mol. The molecule has 0 spiro atoms. The molecule has 1 aliphatic rings. The van der Waals surface area contributed by atoms with Crippen LogP contribution < -0.4 is 5.32 Å². The van der Waals surface area contributed by atoms with Crippen LogP contribution in [0.15, 0.2) is 30.3 Å². The van der Waals surface area contributed by atoms with Gasteiger partial charge in [0.2, 0.25) is 0 Å². The quantitative estimate of drug-likeness (QED) is 0.796. The minimum absolute atomic E-state index is 0.112. The Kier molecular flexibility index (Phi) is 7.25. The number of nitrogens with one attached hydrogen (secondary N) is 1. The zero-order valence-corrected chi connectivity index (χ0v) is 17.2. The highest BCUT2D eigenvalue weighted by Crippen LogP contribution is 2.30. The summed E-state index contributed by atoms with van der Waals surface area (Å²) in [6.07, 6.45) is -0.485. The Morgan fingerprint density at radius 3 is 2.59 bits per heavy atom. The molecular formula is C21H34N2O4. The van der Waals surface area contributed by atoms with Crippen molar-refractivity contribution in [1.82, 2.24) is 10.2 Å². The van der Waals surface area contributed by atoms with Crippen molar-refractivity contribution in [3.8, 4) is 0 Å². The molecule has 0 aromatic heterocycles. The first kappa shape index (κ1) is 21.7. The Morgan fingerprint density at radius 1 is 1.37 bits per heavy atom. The lowest BCUT2D eigenvalue weighted by atomic mass is 9.89. The standard InChI is InChI=1S/C21H34N2O4/c1-16(2)18-12-26-15-21(14-24,13-22-19(25)27-20(3,4)5)23(18)11-17-9-7-6-8-10-17/h6-10,16,18,24H,11-15H2,1-5H3,(H,22,25)/t18-,21?/m1/s1. The zero-order chi connectivity index (χ0) is 20.1. The van der Waals surface area contributed by atoms with E-state index in [9.17, 15) is 9.90 Å². The van der Waals surface area contributed by atoms with Gasteiger partial charge < -0.3 is 19.9 Å². The van der Waals surface area contributed by atoms with Crippen molar-refractivity contribution in [3.63, 3.8) is 0 Å². The van der Waals surface area contributed by atoms with Crippen LogP contribution in [0.5, 0.6) is 0 Å². The molecule has 2 atom stereocenters. The molecule has 0 radical (unpaired) electrons. The van der Waals surface area contributed by atoms with E-state index in [1.165, 1.54) is 5.56 Å². The van der Waals surface area contributed by atoms with Crippen LogP contribution in [0.2, 0.25) is 0 Å². The largest absolute Gasteiger partial charge is 0.444 e. The van der Waals surface area contributed by atoms with E-state index in [1.54, 1.807) is 0 Å². The molecule has 0 bridgehead atoms. The van der Waals surface area contributed by atoms with Crippen LogP contribution in [0.4, 0.5) is 4.79 Å². The van der Waals surface area contributed by atoms with Crippen LogP contribution in [0.25, 0.3) is 0 Å². The maximum absolute atomic E-state index is 12.2. The Morgan fingerprint density at radius 2 is 2.04 bits per heavy atom. The number of amides is 1. The summed E-state index contributed by atoms with van der Waals surface area (Å²) in [5.41, 5.74) is -0.0935. The number of aliphatic hydroxyl groups is 1. The molecule has 0 aliphatic carbocycles. The Balaban J connectivity index is 2.21. The lowest BCUT2D eigenvalue weighted by molar-refractivity contribution is -0.137. The second kappa shape index (κ2) is 9.04. The summed E-state index contributed by atoms with van der Waals surface area (Å²) in [7, 11) is 0. The maximum Gasteiger partial charge on any atom is 0.407 e. The van der Waals surface area contributed by atoms with Crippen molar-refractivity contribution in [2.24, 2.45) is 5.92 Å². The molecule has 1 fully saturated rings. The topological polar surface area (TPSA) is 71.0 Å². The Hall–Kier alpha value is -1.63. The number of morpholine rings is 1. The third-order valence-corrected chi connectivity index (χ3v) is 4.89. The number of hydrogen-bond acceptors (Lipinski definition) is 5. The molecule has 1 heterocycles. The van der Waals surface area contributed by atoms with Gasteiger partial charge >= 0.3 is 6.09 Å². The first-order valence-electron chi connectivity index (χ1n) is 9.63. The summed E-state index contributed by atoms with van der Waals surface area (Å²) in [5, 5.41) is 13.2. The molecule has 152 valence electrons. The van der Waals surface area contributed by atoms with Crippen LogP contribution in [0.1, 0.15) is 40.2 Å². The van der Waals surface area contributed by atoms with E-state index in [0.29, 0.717) is 25.7 Å². The number of nitrogens with zero attached hydrogens (tertiary/aromatic N) is 1. The summed E-state index contributed by atoms with van der Waals surface area (Å²) >= 11 is 0. The fourth-order valence-electron chi connectivity index (χ4n) is 3.41. The monoisotopic (exact) mass is 378 g/mol. The summed E-state index contributed by atoms with van der Waals surface area (Å²) in [6, 6.07) is 10.3. The van der Waals surface area contributed by atoms with Gasteiger partial charge in [0.05, 0.1) is 25.4 Å². The minimum atomic E-state index is -0.695. The second-order valence-corrected chi connectivity index (χ2v) is 8.68. The molecule has 1 saturated heterocycles. The zero-order valence-electron chi connectivity index (χ0n) is 17.2. The van der Waals surface area contributed by atoms with Gasteiger partial charge in [0.25, 0.3) is 0 Å². The van der Waals surface area contributed by atoms with Crippen LogP contribution in [-0.4, -0.2) is 59.6 Å². The van der Waals surface area contributed by atoms with E-state index in [4.69, 9.17) is 9.47 Å². The van der Waals surface area contributed by atoms with Gasteiger partial charge in [0, 0.05) is 19.1 Å². The SMILES string of the molecule is CC(C)[C@H]1COCC(CO)(CNC(=O)OC(C)(C)C)N1Cc1ccccc1. The van der Waals surface area contributed by atoms with Crippen LogP contribution in [0.3, 0.4) is 0 Å². The Labute approximate surface area is 162 Å². The third-order valence-electron chi connectivity index (χ3n) is 4.89. The number of ether oxygens (including phenoxy) is 2. The normalized spacial score (nSPS) is 24.0. The van der Waals surface area contributed by atoms with E-state index < -0.39 is 17.2 Å². The lowest BCUT2D eigenvalue weighted by Crippen LogP contribution is -2.68. The number of carbonyl (C=O) groups excluding carboxylic acids is 1. The smallest absolute Gasteiger partial charge is 0.407 e. The molecule has 27 heavy (non-hydrogen) atoms. The average Bonchev–Trinajstić information content (AvgIpc) is 2.60. The summed E-state index contributed by atoms with van der Waals surface area (Å²) in [4.78, 5) is 14.5. The van der Waals surface area contributed by atoms with E-state index in [1.807, 2.05) is 39.0 Å². The van der Waals surface area contributed by atoms with Crippen molar-refractivity contribution < 1.29 is 19.4 Å². The molecule has 1 aliphatic heterocycles. The highest BCUT2D eigenvalue weighted by atomic mass is 16.6. The number of aliphatic hydroxyl groups excluding tert-OH is 1. The summed E-state index contributed by atoms with van der Waals surface area (Å²) in [6.45, 7) is 11.6. The highest BCUT2D eigenvalue weighted by Gasteiger charge is 2.45.